The molecular weight excluding hydrogens is 420 g/mol. The van der Waals surface area contributed by atoms with E-state index in [2.05, 4.69) is 15.2 Å². The molecule has 32 heavy (non-hydrogen) atoms. The predicted octanol–water partition coefficient (Wildman–Crippen LogP) is 5.57. The first-order chi connectivity index (χ1) is 15.1. The summed E-state index contributed by atoms with van der Waals surface area (Å²) in [6.45, 7) is 3.99. The van der Waals surface area contributed by atoms with Crippen LogP contribution in [0.25, 0.3) is 17.1 Å². The maximum absolute atomic E-state index is 12.9. The van der Waals surface area contributed by atoms with Crippen molar-refractivity contribution in [3.63, 3.8) is 0 Å². The number of Topliss-reactive ketones (excluding diaryl/α,β-unsaturated/α-hetero) is 1. The summed E-state index contributed by atoms with van der Waals surface area (Å²) in [5.41, 5.74) is 4.65. The van der Waals surface area contributed by atoms with Crippen LogP contribution in [0.4, 0.5) is 0 Å². The Labute approximate surface area is 192 Å². The molecule has 0 N–H and O–H groups in total. The third-order valence-electron chi connectivity index (χ3n) is 4.92. The Morgan fingerprint density at radius 2 is 1.72 bits per heavy atom. The van der Waals surface area contributed by atoms with Gasteiger partial charge < -0.3 is 4.74 Å². The monoisotopic (exact) mass is 446 g/mol. The molecule has 0 radical (unpaired) electrons. The van der Waals surface area contributed by atoms with Crippen LogP contribution in [0, 0.1) is 13.8 Å². The molecule has 0 aliphatic rings. The highest BCUT2D eigenvalue weighted by Crippen LogP contribution is 2.29. The zero-order valence-electron chi connectivity index (χ0n) is 17.6. The van der Waals surface area contributed by atoms with Crippen molar-refractivity contribution in [2.24, 2.45) is 0 Å². The van der Waals surface area contributed by atoms with Crippen molar-refractivity contribution in [3.05, 3.63) is 83.7 Å². The lowest BCUT2D eigenvalue weighted by atomic mass is 10.0. The minimum absolute atomic E-state index is 0. The number of ketones is 1. The molecule has 4 rings (SSSR count). The molecule has 0 saturated heterocycles. The van der Waals surface area contributed by atoms with Gasteiger partial charge in [-0.25, -0.2) is 0 Å². The lowest BCUT2D eigenvalue weighted by Gasteiger charge is -2.11. The first-order valence-electron chi connectivity index (χ1n) is 9.80. The van der Waals surface area contributed by atoms with Crippen molar-refractivity contribution in [3.8, 4) is 22.8 Å². The largest absolute Gasteiger partial charge is 0.497 e. The lowest BCUT2D eigenvalue weighted by Crippen LogP contribution is -2.07. The summed E-state index contributed by atoms with van der Waals surface area (Å²) in [5.74, 6) is 1.79. The zero-order chi connectivity index (χ0) is 21.8. The molecule has 2 aromatic heterocycles. The number of hydrogen-bond acceptors (Lipinski definition) is 6. The number of benzene rings is 2. The van der Waals surface area contributed by atoms with Gasteiger partial charge in [-0.3, -0.25) is 14.3 Å². The van der Waals surface area contributed by atoms with Crippen molar-refractivity contribution >= 4 is 17.5 Å². The first-order valence-corrected chi connectivity index (χ1v) is 10.8. The summed E-state index contributed by atoms with van der Waals surface area (Å²) in [7, 11) is 1.64. The second-order valence-electron chi connectivity index (χ2n) is 7.11. The minimum Gasteiger partial charge on any atom is -0.497 e. The molecule has 4 aromatic rings. The molecular formula is C25H26N4O2S. The van der Waals surface area contributed by atoms with E-state index in [1.165, 1.54) is 11.8 Å². The fraction of sp³-hybridized carbons (Fsp3) is 0.200. The molecule has 0 saturated carbocycles. The van der Waals surface area contributed by atoms with Gasteiger partial charge in [0, 0.05) is 29.2 Å². The third kappa shape index (κ3) is 4.89. The zero-order valence-corrected chi connectivity index (χ0v) is 18.4. The number of thioether (sulfide) groups is 1. The first kappa shape index (κ1) is 23.2. The highest BCUT2D eigenvalue weighted by molar-refractivity contribution is 7.99. The van der Waals surface area contributed by atoms with Crippen molar-refractivity contribution in [2.75, 3.05) is 12.9 Å². The second kappa shape index (κ2) is 10.2. The summed E-state index contributed by atoms with van der Waals surface area (Å²) < 4.78 is 7.23. The van der Waals surface area contributed by atoms with Crippen molar-refractivity contribution in [1.82, 2.24) is 19.7 Å². The van der Waals surface area contributed by atoms with Gasteiger partial charge >= 0.3 is 0 Å². The normalized spacial score (nSPS) is 10.5. The van der Waals surface area contributed by atoms with Crippen LogP contribution in [-0.4, -0.2) is 38.4 Å². The SMILES string of the molecule is C.COc1ccc(-n2c(SCC(=O)c3ccc(C)cc3C)nnc2-c2ccncc2)cc1. The van der Waals surface area contributed by atoms with Crippen molar-refractivity contribution < 1.29 is 9.53 Å². The quantitative estimate of drug-likeness (QED) is 0.273. The van der Waals surface area contributed by atoms with Crippen LogP contribution in [0.5, 0.6) is 5.75 Å². The number of methoxy groups -OCH3 is 1. The molecule has 0 atom stereocenters. The van der Waals surface area contributed by atoms with Gasteiger partial charge in [0.15, 0.2) is 16.8 Å². The van der Waals surface area contributed by atoms with E-state index in [4.69, 9.17) is 4.74 Å². The van der Waals surface area contributed by atoms with E-state index < -0.39 is 0 Å². The van der Waals surface area contributed by atoms with Gasteiger partial charge in [0.05, 0.1) is 12.9 Å². The molecule has 0 aliphatic heterocycles. The summed E-state index contributed by atoms with van der Waals surface area (Å²) in [4.78, 5) is 16.9. The number of carbonyl (C=O) groups is 1. The van der Waals surface area contributed by atoms with E-state index in [-0.39, 0.29) is 19.0 Å². The van der Waals surface area contributed by atoms with E-state index in [9.17, 15) is 4.79 Å². The van der Waals surface area contributed by atoms with E-state index in [1.54, 1.807) is 19.5 Å². The Morgan fingerprint density at radius 3 is 2.38 bits per heavy atom. The number of aromatic nitrogens is 4. The molecule has 0 aliphatic carbocycles. The Morgan fingerprint density at radius 1 is 1.00 bits per heavy atom. The van der Waals surface area contributed by atoms with Crippen LogP contribution in [0.1, 0.15) is 28.9 Å². The van der Waals surface area contributed by atoms with Gasteiger partial charge in [-0.1, -0.05) is 43.0 Å². The number of aryl methyl sites for hydroxylation is 2. The van der Waals surface area contributed by atoms with E-state index in [1.807, 2.05) is 73.0 Å². The number of pyridine rings is 1. The van der Waals surface area contributed by atoms with Gasteiger partial charge in [-0.05, 0) is 55.8 Å². The lowest BCUT2D eigenvalue weighted by molar-refractivity contribution is 0.102. The highest BCUT2D eigenvalue weighted by atomic mass is 32.2. The van der Waals surface area contributed by atoms with Crippen LogP contribution < -0.4 is 4.74 Å². The Kier molecular flexibility index (Phi) is 7.43. The van der Waals surface area contributed by atoms with E-state index >= 15 is 0 Å². The van der Waals surface area contributed by atoms with Crippen LogP contribution in [-0.2, 0) is 0 Å². The average Bonchev–Trinajstić information content (AvgIpc) is 3.22. The van der Waals surface area contributed by atoms with E-state index in [0.29, 0.717) is 11.0 Å². The van der Waals surface area contributed by atoms with E-state index in [0.717, 1.165) is 33.7 Å². The second-order valence-corrected chi connectivity index (χ2v) is 8.05. The van der Waals surface area contributed by atoms with Crippen LogP contribution in [0.2, 0.25) is 0 Å². The molecule has 0 bridgehead atoms. The van der Waals surface area contributed by atoms with Crippen LogP contribution in [0.15, 0.2) is 72.1 Å². The molecule has 7 heteroatoms. The topological polar surface area (TPSA) is 69.9 Å². The molecule has 0 fully saturated rings. The third-order valence-corrected chi connectivity index (χ3v) is 5.85. The molecule has 0 spiro atoms. The Hall–Kier alpha value is -3.45. The van der Waals surface area contributed by atoms with Crippen molar-refractivity contribution in [1.29, 1.82) is 0 Å². The summed E-state index contributed by atoms with van der Waals surface area (Å²) >= 11 is 1.38. The molecule has 0 amide bonds. The van der Waals surface area contributed by atoms with Gasteiger partial charge in [0.1, 0.15) is 5.75 Å². The average molecular weight is 447 g/mol. The number of carbonyl (C=O) groups excluding carboxylic acids is 1. The van der Waals surface area contributed by atoms with Gasteiger partial charge in [-0.15, -0.1) is 10.2 Å². The summed E-state index contributed by atoms with van der Waals surface area (Å²) in [5, 5.41) is 9.44. The van der Waals surface area contributed by atoms with Gasteiger partial charge in [0.2, 0.25) is 0 Å². The fourth-order valence-electron chi connectivity index (χ4n) is 3.35. The molecule has 6 nitrogen and oxygen atoms in total. The summed E-state index contributed by atoms with van der Waals surface area (Å²) in [6, 6.07) is 17.3. The summed E-state index contributed by atoms with van der Waals surface area (Å²) in [6.07, 6.45) is 3.44. The smallest absolute Gasteiger partial charge is 0.196 e. The molecule has 0 unspecified atom stereocenters. The molecule has 2 aromatic carbocycles. The number of rotatable bonds is 7. The number of hydrogen-bond donors (Lipinski definition) is 0. The standard InChI is InChI=1S/C24H22N4O2S.CH4/c1-16-4-9-21(17(2)14-16)22(29)15-31-24-27-26-23(18-10-12-25-13-11-18)28(24)19-5-7-20(30-3)8-6-19;/h4-14H,15H2,1-3H3;1H4. The Balaban J connectivity index is 0.00000289. The van der Waals surface area contributed by atoms with Crippen LogP contribution in [0.3, 0.4) is 0 Å². The minimum atomic E-state index is 0. The highest BCUT2D eigenvalue weighted by Gasteiger charge is 2.18. The van der Waals surface area contributed by atoms with Gasteiger partial charge in [0.25, 0.3) is 0 Å². The molecule has 164 valence electrons. The van der Waals surface area contributed by atoms with Crippen molar-refractivity contribution in [2.45, 2.75) is 26.4 Å². The maximum atomic E-state index is 12.9. The fourth-order valence-corrected chi connectivity index (χ4v) is 4.18. The Bertz CT molecular complexity index is 1200. The molecule has 2 heterocycles. The number of nitrogens with zero attached hydrogens (tertiary/aromatic N) is 4. The number of ether oxygens (including phenoxy) is 1. The maximum Gasteiger partial charge on any atom is 0.196 e. The predicted molar refractivity (Wildman–Crippen MR) is 129 cm³/mol. The van der Waals surface area contributed by atoms with Gasteiger partial charge in [-0.2, -0.15) is 0 Å². The van der Waals surface area contributed by atoms with Crippen LogP contribution >= 0.6 is 11.8 Å².